The summed E-state index contributed by atoms with van der Waals surface area (Å²) in [6.07, 6.45) is 1.80. The van der Waals surface area contributed by atoms with Crippen molar-refractivity contribution in [2.24, 2.45) is 0 Å². The average Bonchev–Trinajstić information content (AvgIpc) is 3.33. The maximum atomic E-state index is 12.8. The Hall–Kier alpha value is -4.70. The van der Waals surface area contributed by atoms with Gasteiger partial charge in [-0.05, 0) is 79.7 Å². The van der Waals surface area contributed by atoms with E-state index in [0.29, 0.717) is 34.6 Å². The summed E-state index contributed by atoms with van der Waals surface area (Å²) in [5.74, 6) is 2.56. The number of nitrogens with one attached hydrogen (secondary N) is 1. The smallest absolute Gasteiger partial charge is 0.261 e. The maximum Gasteiger partial charge on any atom is 0.261 e. The number of aryl methyl sites for hydroxylation is 1. The Balaban J connectivity index is 1.21. The van der Waals surface area contributed by atoms with Crippen molar-refractivity contribution in [2.45, 2.75) is 11.8 Å². The lowest BCUT2D eigenvalue weighted by Gasteiger charge is -2.10. The van der Waals surface area contributed by atoms with Crippen LogP contribution in [0.1, 0.15) is 5.69 Å². The number of nitrogens with zero attached hydrogens (tertiary/aromatic N) is 4. The van der Waals surface area contributed by atoms with Gasteiger partial charge in [0.1, 0.15) is 17.2 Å². The van der Waals surface area contributed by atoms with Crippen LogP contribution in [-0.2, 0) is 10.0 Å². The molecule has 180 valence electrons. The van der Waals surface area contributed by atoms with Crippen LogP contribution in [0, 0.1) is 6.92 Å². The topological polar surface area (TPSA) is 108 Å². The Bertz CT molecular complexity index is 1550. The van der Waals surface area contributed by atoms with Crippen LogP contribution in [0.25, 0.3) is 5.82 Å². The first kappa shape index (κ1) is 23.1. The minimum absolute atomic E-state index is 0.117. The molecule has 9 nitrogen and oxygen atoms in total. The molecule has 10 heteroatoms. The van der Waals surface area contributed by atoms with E-state index in [1.165, 1.54) is 12.1 Å². The van der Waals surface area contributed by atoms with Crippen LogP contribution in [-0.4, -0.2) is 28.4 Å². The van der Waals surface area contributed by atoms with Crippen LogP contribution < -0.4 is 14.2 Å². The Morgan fingerprint density at radius 1 is 0.722 bits per heavy atom. The molecule has 0 aliphatic heterocycles. The van der Waals surface area contributed by atoms with Crippen molar-refractivity contribution >= 4 is 15.7 Å². The number of hydrogen-bond donors (Lipinski definition) is 1. The van der Waals surface area contributed by atoms with Crippen LogP contribution >= 0.6 is 0 Å². The molecule has 0 spiro atoms. The van der Waals surface area contributed by atoms with Crippen LogP contribution in [0.15, 0.2) is 108 Å². The maximum absolute atomic E-state index is 12.8. The summed E-state index contributed by atoms with van der Waals surface area (Å²) in [4.78, 5) is 0.117. The molecular weight excluding hydrogens is 478 g/mol. The van der Waals surface area contributed by atoms with Crippen LogP contribution in [0.3, 0.4) is 0 Å². The Morgan fingerprint density at radius 3 is 2.03 bits per heavy atom. The van der Waals surface area contributed by atoms with E-state index in [9.17, 15) is 8.42 Å². The molecule has 0 atom stereocenters. The molecule has 0 bridgehead atoms. The molecule has 1 N–H and O–H groups in total. The van der Waals surface area contributed by atoms with Gasteiger partial charge in [-0.15, -0.1) is 10.2 Å². The monoisotopic (exact) mass is 499 g/mol. The summed E-state index contributed by atoms with van der Waals surface area (Å²) in [6, 6.07) is 27.2. The van der Waals surface area contributed by atoms with Crippen molar-refractivity contribution < 1.29 is 17.9 Å². The van der Waals surface area contributed by atoms with Gasteiger partial charge in [0, 0.05) is 18.0 Å². The van der Waals surface area contributed by atoms with E-state index in [0.717, 1.165) is 5.69 Å². The number of anilines is 1. The summed E-state index contributed by atoms with van der Waals surface area (Å²) in [6.45, 7) is 1.89. The second-order valence-electron chi connectivity index (χ2n) is 7.75. The van der Waals surface area contributed by atoms with Gasteiger partial charge in [0.05, 0.1) is 10.6 Å². The van der Waals surface area contributed by atoms with Crippen molar-refractivity contribution in [3.05, 3.63) is 109 Å². The van der Waals surface area contributed by atoms with Gasteiger partial charge in [0.15, 0.2) is 5.82 Å². The van der Waals surface area contributed by atoms with Crippen LogP contribution in [0.4, 0.5) is 5.69 Å². The number of rotatable bonds is 8. The number of ether oxygens (including phenoxy) is 2. The average molecular weight is 500 g/mol. The van der Waals surface area contributed by atoms with E-state index >= 15 is 0 Å². The third-order valence-corrected chi connectivity index (χ3v) is 6.42. The summed E-state index contributed by atoms with van der Waals surface area (Å²) in [5, 5.41) is 12.5. The second-order valence-corrected chi connectivity index (χ2v) is 9.43. The Kier molecular flexibility index (Phi) is 6.33. The molecule has 0 amide bonds. The molecule has 0 saturated heterocycles. The van der Waals surface area contributed by atoms with Gasteiger partial charge in [0.2, 0.25) is 5.88 Å². The quantitative estimate of drug-likeness (QED) is 0.306. The molecule has 0 saturated carbocycles. The van der Waals surface area contributed by atoms with Gasteiger partial charge in [-0.25, -0.2) is 13.1 Å². The molecule has 0 radical (unpaired) electrons. The third kappa shape index (κ3) is 5.50. The van der Waals surface area contributed by atoms with E-state index in [2.05, 4.69) is 20.0 Å². The number of aromatic nitrogens is 4. The molecule has 2 heterocycles. The van der Waals surface area contributed by atoms with Gasteiger partial charge in [-0.1, -0.05) is 18.2 Å². The summed E-state index contributed by atoms with van der Waals surface area (Å²) in [7, 11) is -3.78. The van der Waals surface area contributed by atoms with Gasteiger partial charge < -0.3 is 9.47 Å². The highest BCUT2D eigenvalue weighted by Gasteiger charge is 2.15. The first-order valence-electron chi connectivity index (χ1n) is 10.9. The first-order valence-corrected chi connectivity index (χ1v) is 12.4. The normalized spacial score (nSPS) is 11.1. The summed E-state index contributed by atoms with van der Waals surface area (Å²) >= 11 is 0. The van der Waals surface area contributed by atoms with Crippen LogP contribution in [0.5, 0.6) is 23.1 Å². The number of para-hydroxylation sites is 1. The predicted molar refractivity (Wildman–Crippen MR) is 134 cm³/mol. The second kappa shape index (κ2) is 9.88. The fraction of sp³-hybridized carbons (Fsp3) is 0.0385. The predicted octanol–water partition coefficient (Wildman–Crippen LogP) is 5.36. The molecule has 0 fully saturated rings. The zero-order valence-corrected chi connectivity index (χ0v) is 20.0. The standard InChI is InChI=1S/C26H21N5O4S/c1-19-17-18-31(29-19)25-15-16-26(28-27-25)35-23-9-7-20(8-10-23)30-36(32,33)24-13-11-22(12-14-24)34-21-5-3-2-4-6-21/h2-18,30H,1H3. The zero-order chi connectivity index (χ0) is 25.0. The van der Waals surface area contributed by atoms with Crippen LogP contribution in [0.2, 0.25) is 0 Å². The highest BCUT2D eigenvalue weighted by atomic mass is 32.2. The molecule has 36 heavy (non-hydrogen) atoms. The molecule has 5 aromatic rings. The van der Waals surface area contributed by atoms with Crippen molar-refractivity contribution in [1.29, 1.82) is 0 Å². The van der Waals surface area contributed by atoms with Gasteiger partial charge in [0.25, 0.3) is 10.0 Å². The van der Waals surface area contributed by atoms with Crippen molar-refractivity contribution in [3.63, 3.8) is 0 Å². The lowest BCUT2D eigenvalue weighted by molar-refractivity contribution is 0.454. The lowest BCUT2D eigenvalue weighted by Crippen LogP contribution is -2.12. The zero-order valence-electron chi connectivity index (χ0n) is 19.1. The highest BCUT2D eigenvalue weighted by Crippen LogP contribution is 2.25. The lowest BCUT2D eigenvalue weighted by atomic mass is 10.3. The Labute approximate surface area is 208 Å². The van der Waals surface area contributed by atoms with Gasteiger partial charge in [-0.2, -0.15) is 5.10 Å². The molecule has 5 rings (SSSR count). The largest absolute Gasteiger partial charge is 0.457 e. The number of benzene rings is 3. The van der Waals surface area contributed by atoms with Crippen molar-refractivity contribution in [2.75, 3.05) is 4.72 Å². The summed E-state index contributed by atoms with van der Waals surface area (Å²) in [5.41, 5.74) is 1.27. The van der Waals surface area contributed by atoms with E-state index in [1.54, 1.807) is 59.4 Å². The molecule has 2 aromatic heterocycles. The summed E-state index contributed by atoms with van der Waals surface area (Å²) < 4.78 is 41.2. The van der Waals surface area contributed by atoms with E-state index < -0.39 is 10.0 Å². The highest BCUT2D eigenvalue weighted by molar-refractivity contribution is 7.92. The molecule has 0 aliphatic carbocycles. The SMILES string of the molecule is Cc1ccn(-c2ccc(Oc3ccc(NS(=O)(=O)c4ccc(Oc5ccccc5)cc4)cc3)nn2)n1. The number of sulfonamides is 1. The molecule has 3 aromatic carbocycles. The third-order valence-electron chi connectivity index (χ3n) is 5.03. The van der Waals surface area contributed by atoms with Crippen molar-refractivity contribution in [3.8, 4) is 28.9 Å². The fourth-order valence-corrected chi connectivity index (χ4v) is 4.33. The van der Waals surface area contributed by atoms with Crippen molar-refractivity contribution in [1.82, 2.24) is 20.0 Å². The number of hydrogen-bond acceptors (Lipinski definition) is 7. The van der Waals surface area contributed by atoms with Gasteiger partial charge >= 0.3 is 0 Å². The minimum atomic E-state index is -3.78. The van der Waals surface area contributed by atoms with E-state index in [1.807, 2.05) is 43.3 Å². The van der Waals surface area contributed by atoms with E-state index in [4.69, 9.17) is 9.47 Å². The van der Waals surface area contributed by atoms with E-state index in [-0.39, 0.29) is 4.90 Å². The Morgan fingerprint density at radius 2 is 1.39 bits per heavy atom. The molecular formula is C26H21N5O4S. The molecule has 0 aliphatic rings. The minimum Gasteiger partial charge on any atom is -0.457 e. The first-order chi connectivity index (χ1) is 17.4. The fourth-order valence-electron chi connectivity index (χ4n) is 3.27. The van der Waals surface area contributed by atoms with Gasteiger partial charge in [-0.3, -0.25) is 4.72 Å². The molecule has 0 unspecified atom stereocenters.